The first kappa shape index (κ1) is 53.2. The zero-order valence-electron chi connectivity index (χ0n) is 17.9. The second-order valence-corrected chi connectivity index (χ2v) is 4.49. The van der Waals surface area contributed by atoms with E-state index in [1.807, 2.05) is 0 Å². The Morgan fingerprint density at radius 3 is 0.833 bits per heavy atom. The van der Waals surface area contributed by atoms with E-state index < -0.39 is 50.1 Å². The zero-order valence-corrected chi connectivity index (χ0v) is 25.9. The molecule has 0 aromatic carbocycles. The molecular formula is C12H23N4Na4O10-. The van der Waals surface area contributed by atoms with E-state index in [9.17, 15) is 39.6 Å². The number of nitrogens with two attached hydrogens (primary N) is 2. The van der Waals surface area contributed by atoms with Crippen molar-refractivity contribution in [3.8, 4) is 0 Å². The van der Waals surface area contributed by atoms with Gasteiger partial charge in [-0.2, -0.15) is 0 Å². The van der Waals surface area contributed by atoms with Crippen LogP contribution in [0.4, 0.5) is 0 Å². The van der Waals surface area contributed by atoms with E-state index in [4.69, 9.17) is 11.5 Å². The van der Waals surface area contributed by atoms with Gasteiger partial charge < -0.3 is 62.0 Å². The number of nitrogens with zero attached hydrogens (tertiary/aromatic N) is 2. The molecule has 0 bridgehead atoms. The summed E-state index contributed by atoms with van der Waals surface area (Å²) in [6.45, 7) is -2.06. The molecule has 18 heteroatoms. The van der Waals surface area contributed by atoms with Gasteiger partial charge >= 0.3 is 118 Å². The van der Waals surface area contributed by atoms with Crippen LogP contribution in [-0.4, -0.2) is 97.0 Å². The summed E-state index contributed by atoms with van der Waals surface area (Å²) in [6, 6.07) is 0. The van der Waals surface area contributed by atoms with Crippen LogP contribution in [0.25, 0.3) is 0 Å². The molecule has 0 spiro atoms. The topological polar surface area (TPSA) is 281 Å². The summed E-state index contributed by atoms with van der Waals surface area (Å²) in [5.41, 5.74) is 9.81. The van der Waals surface area contributed by atoms with Gasteiger partial charge in [0.1, 0.15) is 0 Å². The molecule has 0 radical (unpaired) electrons. The molecule has 0 aliphatic carbocycles. The van der Waals surface area contributed by atoms with Gasteiger partial charge in [-0.05, 0) is 0 Å². The number of rotatable bonds is 12. The first-order chi connectivity index (χ1) is 11.1. The Labute approximate surface area is 262 Å². The minimum Gasteiger partial charge on any atom is -0.870 e. The molecule has 0 atom stereocenters. The summed E-state index contributed by atoms with van der Waals surface area (Å²) in [5, 5.41) is 41.6. The largest absolute Gasteiger partial charge is 1.00 e. The number of aliphatic carboxylic acids is 4. The monoisotopic (exact) mass is 475 g/mol. The molecule has 7 N–H and O–H groups in total. The van der Waals surface area contributed by atoms with Crippen molar-refractivity contribution in [2.75, 3.05) is 52.4 Å². The zero-order chi connectivity index (χ0) is 19.1. The molecule has 30 heavy (non-hydrogen) atoms. The van der Waals surface area contributed by atoms with Crippen molar-refractivity contribution in [3.63, 3.8) is 0 Å². The Balaban J connectivity index is -0.0000000739. The number of hydrogen-bond donors (Lipinski definition) is 2. The van der Waals surface area contributed by atoms with Crippen LogP contribution < -0.4 is 150 Å². The first-order valence-corrected chi connectivity index (χ1v) is 6.76. The summed E-state index contributed by atoms with van der Waals surface area (Å²) in [6.07, 6.45) is 0. The third-order valence-electron chi connectivity index (χ3n) is 2.31. The fourth-order valence-corrected chi connectivity index (χ4v) is 1.44. The molecule has 0 fully saturated rings. The fourth-order valence-electron chi connectivity index (χ4n) is 1.44. The third-order valence-corrected chi connectivity index (χ3v) is 2.31. The van der Waals surface area contributed by atoms with E-state index in [1.165, 1.54) is 0 Å². The average Bonchev–Trinajstić information content (AvgIpc) is 2.42. The Kier molecular flexibility index (Phi) is 62.4. The average molecular weight is 475 g/mol. The first-order valence-electron chi connectivity index (χ1n) is 6.76. The molecule has 0 amide bonds. The van der Waals surface area contributed by atoms with Crippen LogP contribution in [0.3, 0.4) is 0 Å². The Morgan fingerprint density at radius 2 is 0.733 bits per heavy atom. The molecule has 0 rings (SSSR count). The molecule has 0 aromatic rings. The molecule has 14 nitrogen and oxygen atoms in total. The van der Waals surface area contributed by atoms with Gasteiger partial charge in [-0.3, -0.25) is 9.80 Å². The Bertz CT molecular complexity index is 368. The van der Waals surface area contributed by atoms with Gasteiger partial charge in [-0.25, -0.2) is 0 Å². The second kappa shape index (κ2) is 35.2. The third kappa shape index (κ3) is 43.5. The van der Waals surface area contributed by atoms with Crippen molar-refractivity contribution in [1.29, 1.82) is 0 Å². The van der Waals surface area contributed by atoms with Crippen molar-refractivity contribution in [1.82, 2.24) is 9.80 Å². The maximum atomic E-state index is 10.4. The summed E-state index contributed by atoms with van der Waals surface area (Å²) >= 11 is 0. The maximum absolute atomic E-state index is 10.4. The van der Waals surface area contributed by atoms with Crippen LogP contribution in [0.15, 0.2) is 0 Å². The van der Waals surface area contributed by atoms with Crippen LogP contribution in [0.1, 0.15) is 0 Å². The van der Waals surface area contributed by atoms with Crippen molar-refractivity contribution in [3.05, 3.63) is 0 Å². The summed E-state index contributed by atoms with van der Waals surface area (Å²) in [4.78, 5) is 43.4. The molecule has 0 aliphatic rings. The van der Waals surface area contributed by atoms with Crippen molar-refractivity contribution < 1.29 is 169 Å². The molecular weight excluding hydrogens is 452 g/mol. The summed E-state index contributed by atoms with van der Waals surface area (Å²) < 4.78 is 0. The minimum absolute atomic E-state index is 0. The van der Waals surface area contributed by atoms with Crippen molar-refractivity contribution >= 4 is 23.9 Å². The van der Waals surface area contributed by atoms with E-state index in [2.05, 4.69) is 0 Å². The Hall–Kier alpha value is 1.64. The summed E-state index contributed by atoms with van der Waals surface area (Å²) in [7, 11) is 0. The van der Waals surface area contributed by atoms with Gasteiger partial charge in [0.05, 0.1) is 23.9 Å². The van der Waals surface area contributed by atoms with Gasteiger partial charge in [0.25, 0.3) is 0 Å². The van der Waals surface area contributed by atoms with E-state index in [1.54, 1.807) is 0 Å². The van der Waals surface area contributed by atoms with E-state index in [-0.39, 0.29) is 142 Å². The predicted molar refractivity (Wildman–Crippen MR) is 76.6 cm³/mol. The summed E-state index contributed by atoms with van der Waals surface area (Å²) in [5.74, 6) is -6.12. The Morgan fingerprint density at radius 1 is 0.567 bits per heavy atom. The second-order valence-electron chi connectivity index (χ2n) is 4.49. The van der Waals surface area contributed by atoms with Crippen molar-refractivity contribution in [2.45, 2.75) is 0 Å². The molecule has 0 heterocycles. The number of carboxylic acid groups (broad SMARTS) is 4. The predicted octanol–water partition coefficient (Wildman–Crippen LogP) is -21.5. The number of carbonyl (C=O) groups excluding carboxylic acids is 4. The van der Waals surface area contributed by atoms with E-state index in [0.717, 1.165) is 9.80 Å². The van der Waals surface area contributed by atoms with Crippen LogP contribution >= 0.6 is 0 Å². The molecule has 0 saturated carbocycles. The van der Waals surface area contributed by atoms with Gasteiger partial charge in [-0.15, -0.1) is 0 Å². The standard InChI is InChI=1S/C10H16N2O8.C2H8N2.4Na.2H2O/c13-7(14)3-11(4-8(15)16)1-2-12(5-9(17)18)6-10(19)20;3-1-2-4;;;;;;/h1-6H2,(H,13,14)(H,15,16)(H,17,18)(H,19,20);1-4H2;;;;;2*1H2/q;;4*+1;;/p-5. The molecule has 0 aliphatic heterocycles. The van der Waals surface area contributed by atoms with Crippen molar-refractivity contribution in [2.24, 2.45) is 11.5 Å². The number of carbonyl (C=O) groups is 4. The molecule has 0 unspecified atom stereocenters. The van der Waals surface area contributed by atoms with Gasteiger partial charge in [0, 0.05) is 52.4 Å². The van der Waals surface area contributed by atoms with Gasteiger partial charge in [0.15, 0.2) is 0 Å². The number of hydrogen-bond acceptors (Lipinski definition) is 13. The maximum Gasteiger partial charge on any atom is 1.00 e. The minimum atomic E-state index is -1.53. The smallest absolute Gasteiger partial charge is 0.870 e. The molecule has 0 saturated heterocycles. The number of carboxylic acids is 4. The van der Waals surface area contributed by atoms with Crippen LogP contribution in [0.5, 0.6) is 0 Å². The fraction of sp³-hybridized carbons (Fsp3) is 0.667. The quantitative estimate of drug-likeness (QED) is 0.248. The SMILES string of the molecule is NCCN.O.O=C([O-])CN(CCN(CC(=O)[O-])CC(=O)[O-])CC(=O)[O-].[Na+].[Na+].[Na+].[Na+].[OH-]. The van der Waals surface area contributed by atoms with Gasteiger partial charge in [0.2, 0.25) is 0 Å². The molecule has 156 valence electrons. The van der Waals surface area contributed by atoms with E-state index >= 15 is 0 Å². The molecule has 0 aromatic heterocycles. The van der Waals surface area contributed by atoms with Gasteiger partial charge in [-0.1, -0.05) is 0 Å². The van der Waals surface area contributed by atoms with Crippen LogP contribution in [0, 0.1) is 0 Å². The van der Waals surface area contributed by atoms with Crippen LogP contribution in [-0.2, 0) is 19.2 Å². The van der Waals surface area contributed by atoms with Crippen LogP contribution in [0.2, 0.25) is 0 Å². The van der Waals surface area contributed by atoms with E-state index in [0.29, 0.717) is 13.1 Å². The normalized spacial score (nSPS) is 8.13.